The maximum atomic E-state index is 12.1. The summed E-state index contributed by atoms with van der Waals surface area (Å²) in [5.74, 6) is 0.105. The SMILES string of the molecule is CSc1ccc2c(c1)C(Nc1ccccc1)CC(C)N2C(C)=O. The number of thioether (sulfide) groups is 1. The molecule has 23 heavy (non-hydrogen) atoms. The van der Waals surface area contributed by atoms with Crippen LogP contribution >= 0.6 is 11.8 Å². The van der Waals surface area contributed by atoms with Gasteiger partial charge in [0.2, 0.25) is 5.91 Å². The van der Waals surface area contributed by atoms with Crippen molar-refractivity contribution in [1.29, 1.82) is 0 Å². The second-order valence-corrected chi connectivity index (χ2v) is 6.84. The monoisotopic (exact) mass is 326 g/mol. The fourth-order valence-electron chi connectivity index (χ4n) is 3.32. The molecular weight excluding hydrogens is 304 g/mol. The van der Waals surface area contributed by atoms with Crippen molar-refractivity contribution in [2.45, 2.75) is 37.2 Å². The molecule has 0 aliphatic carbocycles. The van der Waals surface area contributed by atoms with Gasteiger partial charge in [-0.3, -0.25) is 4.79 Å². The lowest BCUT2D eigenvalue weighted by atomic mass is 9.91. The molecule has 2 aromatic rings. The molecule has 1 aliphatic heterocycles. The summed E-state index contributed by atoms with van der Waals surface area (Å²) in [7, 11) is 0. The largest absolute Gasteiger partial charge is 0.378 e. The highest BCUT2D eigenvalue weighted by atomic mass is 32.2. The van der Waals surface area contributed by atoms with Crippen molar-refractivity contribution in [1.82, 2.24) is 0 Å². The molecule has 0 bridgehead atoms. The first-order chi connectivity index (χ1) is 11.1. The van der Waals surface area contributed by atoms with E-state index in [4.69, 9.17) is 0 Å². The summed E-state index contributed by atoms with van der Waals surface area (Å²) in [5.41, 5.74) is 3.35. The summed E-state index contributed by atoms with van der Waals surface area (Å²) >= 11 is 1.73. The van der Waals surface area contributed by atoms with Crippen molar-refractivity contribution in [2.24, 2.45) is 0 Å². The predicted octanol–water partition coefficient (Wildman–Crippen LogP) is 4.71. The molecule has 0 spiro atoms. The van der Waals surface area contributed by atoms with Gasteiger partial charge in [0.1, 0.15) is 0 Å². The quantitative estimate of drug-likeness (QED) is 0.829. The molecule has 0 fully saturated rings. The summed E-state index contributed by atoms with van der Waals surface area (Å²) in [6.45, 7) is 3.76. The van der Waals surface area contributed by atoms with Gasteiger partial charge in [0.15, 0.2) is 0 Å². The number of carbonyl (C=O) groups excluding carboxylic acids is 1. The van der Waals surface area contributed by atoms with Crippen molar-refractivity contribution >= 4 is 29.0 Å². The van der Waals surface area contributed by atoms with Gasteiger partial charge in [-0.2, -0.15) is 0 Å². The number of hydrogen-bond donors (Lipinski definition) is 1. The minimum Gasteiger partial charge on any atom is -0.378 e. The number of carbonyl (C=O) groups is 1. The van der Waals surface area contributed by atoms with Crippen LogP contribution in [-0.4, -0.2) is 18.2 Å². The van der Waals surface area contributed by atoms with Gasteiger partial charge in [-0.15, -0.1) is 11.8 Å². The highest BCUT2D eigenvalue weighted by molar-refractivity contribution is 7.98. The third-order valence-electron chi connectivity index (χ3n) is 4.34. The minimum absolute atomic E-state index is 0.105. The van der Waals surface area contributed by atoms with Crippen LogP contribution in [0.2, 0.25) is 0 Å². The van der Waals surface area contributed by atoms with Gasteiger partial charge in [-0.05, 0) is 55.5 Å². The molecule has 0 aromatic heterocycles. The van der Waals surface area contributed by atoms with Gasteiger partial charge in [-0.25, -0.2) is 0 Å². The number of nitrogens with zero attached hydrogens (tertiary/aromatic N) is 1. The van der Waals surface area contributed by atoms with E-state index < -0.39 is 0 Å². The van der Waals surface area contributed by atoms with Crippen LogP contribution in [-0.2, 0) is 4.79 Å². The predicted molar refractivity (Wildman–Crippen MR) is 98.3 cm³/mol. The smallest absolute Gasteiger partial charge is 0.224 e. The molecule has 3 rings (SSSR count). The molecule has 1 heterocycles. The van der Waals surface area contributed by atoms with Crippen molar-refractivity contribution < 1.29 is 4.79 Å². The van der Waals surface area contributed by atoms with E-state index in [0.717, 1.165) is 17.8 Å². The van der Waals surface area contributed by atoms with Crippen molar-refractivity contribution in [2.75, 3.05) is 16.5 Å². The minimum atomic E-state index is 0.105. The molecule has 1 aliphatic rings. The van der Waals surface area contributed by atoms with Gasteiger partial charge in [0, 0.05) is 29.2 Å². The van der Waals surface area contributed by atoms with Crippen LogP contribution in [0.15, 0.2) is 53.4 Å². The molecular formula is C19H22N2OS. The zero-order valence-corrected chi connectivity index (χ0v) is 14.6. The lowest BCUT2D eigenvalue weighted by Crippen LogP contribution is -2.43. The van der Waals surface area contributed by atoms with E-state index in [9.17, 15) is 4.79 Å². The Hall–Kier alpha value is -1.94. The maximum absolute atomic E-state index is 12.1. The molecule has 3 nitrogen and oxygen atoms in total. The molecule has 0 saturated heterocycles. The Balaban J connectivity index is 2.01. The Kier molecular flexibility index (Phi) is 4.62. The first kappa shape index (κ1) is 15.9. The van der Waals surface area contributed by atoms with Crippen LogP contribution in [0.3, 0.4) is 0 Å². The standard InChI is InChI=1S/C19H22N2OS/c1-13-11-18(20-15-7-5-4-6-8-15)17-12-16(23-3)9-10-19(17)21(13)14(2)22/h4-10,12-13,18,20H,11H2,1-3H3. The molecule has 0 radical (unpaired) electrons. The molecule has 4 heteroatoms. The van der Waals surface area contributed by atoms with Crippen LogP contribution in [0.25, 0.3) is 0 Å². The Bertz CT molecular complexity index is 702. The number of para-hydroxylation sites is 1. The number of hydrogen-bond acceptors (Lipinski definition) is 3. The maximum Gasteiger partial charge on any atom is 0.224 e. The Morgan fingerprint density at radius 1 is 1.22 bits per heavy atom. The van der Waals surface area contributed by atoms with E-state index in [-0.39, 0.29) is 18.0 Å². The summed E-state index contributed by atoms with van der Waals surface area (Å²) in [6.07, 6.45) is 2.98. The normalized spacial score (nSPS) is 20.0. The number of fused-ring (bicyclic) bond motifs is 1. The van der Waals surface area contributed by atoms with Crippen LogP contribution in [0, 0.1) is 0 Å². The third kappa shape index (κ3) is 3.22. The summed E-state index contributed by atoms with van der Waals surface area (Å²) in [4.78, 5) is 15.2. The summed E-state index contributed by atoms with van der Waals surface area (Å²) in [6, 6.07) is 17.0. The van der Waals surface area contributed by atoms with E-state index in [1.165, 1.54) is 10.5 Å². The van der Waals surface area contributed by atoms with Crippen LogP contribution in [0.4, 0.5) is 11.4 Å². The lowest BCUT2D eigenvalue weighted by molar-refractivity contribution is -0.117. The topological polar surface area (TPSA) is 32.3 Å². The van der Waals surface area contributed by atoms with E-state index >= 15 is 0 Å². The number of anilines is 2. The van der Waals surface area contributed by atoms with Crippen LogP contribution < -0.4 is 10.2 Å². The molecule has 2 unspecified atom stereocenters. The fourth-order valence-corrected chi connectivity index (χ4v) is 3.77. The lowest BCUT2D eigenvalue weighted by Gasteiger charge is -2.39. The fraction of sp³-hybridized carbons (Fsp3) is 0.316. The number of amides is 1. The second kappa shape index (κ2) is 6.67. The summed E-state index contributed by atoms with van der Waals surface area (Å²) in [5, 5.41) is 3.63. The van der Waals surface area contributed by atoms with E-state index in [1.807, 2.05) is 23.1 Å². The highest BCUT2D eigenvalue weighted by Gasteiger charge is 2.32. The van der Waals surface area contributed by atoms with Crippen molar-refractivity contribution in [3.8, 4) is 0 Å². The Morgan fingerprint density at radius 3 is 2.61 bits per heavy atom. The molecule has 1 amide bonds. The van der Waals surface area contributed by atoms with Crippen molar-refractivity contribution in [3.63, 3.8) is 0 Å². The van der Waals surface area contributed by atoms with E-state index in [2.05, 4.69) is 48.8 Å². The zero-order chi connectivity index (χ0) is 16.4. The van der Waals surface area contributed by atoms with E-state index in [0.29, 0.717) is 0 Å². The van der Waals surface area contributed by atoms with Crippen LogP contribution in [0.5, 0.6) is 0 Å². The number of rotatable bonds is 3. The van der Waals surface area contributed by atoms with Crippen LogP contribution in [0.1, 0.15) is 31.9 Å². The van der Waals surface area contributed by atoms with Gasteiger partial charge in [-0.1, -0.05) is 18.2 Å². The van der Waals surface area contributed by atoms with Gasteiger partial charge in [0.25, 0.3) is 0 Å². The molecule has 120 valence electrons. The number of benzene rings is 2. The van der Waals surface area contributed by atoms with Crippen molar-refractivity contribution in [3.05, 3.63) is 54.1 Å². The average molecular weight is 326 g/mol. The number of nitrogens with one attached hydrogen (secondary N) is 1. The molecule has 1 N–H and O–H groups in total. The summed E-state index contributed by atoms with van der Waals surface area (Å²) < 4.78 is 0. The zero-order valence-electron chi connectivity index (χ0n) is 13.7. The Morgan fingerprint density at radius 2 is 1.96 bits per heavy atom. The molecule has 2 aromatic carbocycles. The second-order valence-electron chi connectivity index (χ2n) is 5.96. The van der Waals surface area contributed by atoms with Gasteiger partial charge < -0.3 is 10.2 Å². The molecule has 0 saturated carbocycles. The first-order valence-electron chi connectivity index (χ1n) is 7.89. The van der Waals surface area contributed by atoms with Gasteiger partial charge in [0.05, 0.1) is 6.04 Å². The molecule has 2 atom stereocenters. The Labute approximate surface area is 142 Å². The van der Waals surface area contributed by atoms with Gasteiger partial charge >= 0.3 is 0 Å². The third-order valence-corrected chi connectivity index (χ3v) is 5.07. The van der Waals surface area contributed by atoms with E-state index in [1.54, 1.807) is 18.7 Å². The highest BCUT2D eigenvalue weighted by Crippen LogP contribution is 2.40. The average Bonchev–Trinajstić information content (AvgIpc) is 2.55. The first-order valence-corrected chi connectivity index (χ1v) is 9.12.